The SMILES string of the molecule is CN1C=CN(CC#N)C1Br. The van der Waals surface area contributed by atoms with E-state index in [2.05, 4.69) is 22.0 Å². The van der Waals surface area contributed by atoms with Crippen molar-refractivity contribution in [3.63, 3.8) is 0 Å². The molecule has 0 aromatic rings. The van der Waals surface area contributed by atoms with Crippen LogP contribution in [0.5, 0.6) is 0 Å². The molecule has 0 fully saturated rings. The number of nitriles is 1. The zero-order chi connectivity index (χ0) is 7.56. The second kappa shape index (κ2) is 2.93. The van der Waals surface area contributed by atoms with E-state index >= 15 is 0 Å². The lowest BCUT2D eigenvalue weighted by molar-refractivity contribution is 0.291. The predicted octanol–water partition coefficient (Wildman–Crippen LogP) is 0.907. The van der Waals surface area contributed by atoms with E-state index in [9.17, 15) is 0 Å². The van der Waals surface area contributed by atoms with Gasteiger partial charge in [0.25, 0.3) is 0 Å². The van der Waals surface area contributed by atoms with Crippen molar-refractivity contribution in [1.29, 1.82) is 5.26 Å². The minimum Gasteiger partial charge on any atom is -0.350 e. The third-order valence-electron chi connectivity index (χ3n) is 1.36. The van der Waals surface area contributed by atoms with Gasteiger partial charge in [0.15, 0.2) is 5.08 Å². The highest BCUT2D eigenvalue weighted by molar-refractivity contribution is 9.09. The molecule has 3 nitrogen and oxygen atoms in total. The van der Waals surface area contributed by atoms with Gasteiger partial charge in [0.05, 0.1) is 6.07 Å². The zero-order valence-corrected chi connectivity index (χ0v) is 7.24. The maximum atomic E-state index is 8.37. The average Bonchev–Trinajstić information content (AvgIpc) is 2.20. The molecule has 1 aliphatic heterocycles. The Morgan fingerprint density at radius 1 is 1.70 bits per heavy atom. The van der Waals surface area contributed by atoms with Crippen molar-refractivity contribution in [2.24, 2.45) is 0 Å². The summed E-state index contributed by atoms with van der Waals surface area (Å²) in [5.74, 6) is 0. The summed E-state index contributed by atoms with van der Waals surface area (Å²) in [6, 6.07) is 2.08. The standard InChI is InChI=1S/C6H8BrN3/c1-9-4-5-10(3-2-8)6(9)7/h4-6H,3H2,1H3. The first kappa shape index (κ1) is 7.42. The summed E-state index contributed by atoms with van der Waals surface area (Å²) in [5, 5.41) is 8.51. The highest BCUT2D eigenvalue weighted by Crippen LogP contribution is 2.17. The molecule has 0 aromatic heterocycles. The molecule has 0 radical (unpaired) electrons. The lowest BCUT2D eigenvalue weighted by Crippen LogP contribution is -2.30. The van der Waals surface area contributed by atoms with Crippen LogP contribution in [0.3, 0.4) is 0 Å². The monoisotopic (exact) mass is 201 g/mol. The summed E-state index contributed by atoms with van der Waals surface area (Å²) in [7, 11) is 1.95. The van der Waals surface area contributed by atoms with Gasteiger partial charge in [-0.1, -0.05) is 0 Å². The van der Waals surface area contributed by atoms with Crippen molar-refractivity contribution in [1.82, 2.24) is 9.80 Å². The Balaban J connectivity index is 2.51. The van der Waals surface area contributed by atoms with E-state index in [1.807, 2.05) is 29.2 Å². The molecule has 0 aliphatic carbocycles. The van der Waals surface area contributed by atoms with Gasteiger partial charge in [0, 0.05) is 19.4 Å². The normalized spacial score (nSPS) is 23.5. The fourth-order valence-electron chi connectivity index (χ4n) is 0.776. The van der Waals surface area contributed by atoms with Gasteiger partial charge in [-0.2, -0.15) is 5.26 Å². The van der Waals surface area contributed by atoms with Gasteiger partial charge in [-0.15, -0.1) is 0 Å². The smallest absolute Gasteiger partial charge is 0.159 e. The molecule has 1 rings (SSSR count). The van der Waals surface area contributed by atoms with Crippen LogP contribution in [0.25, 0.3) is 0 Å². The number of nitrogens with zero attached hydrogens (tertiary/aromatic N) is 3. The summed E-state index contributed by atoms with van der Waals surface area (Å²) in [4.78, 5) is 3.89. The number of hydrogen-bond acceptors (Lipinski definition) is 3. The van der Waals surface area contributed by atoms with Crippen molar-refractivity contribution >= 4 is 15.9 Å². The van der Waals surface area contributed by atoms with Gasteiger partial charge in [0.1, 0.15) is 6.54 Å². The minimum atomic E-state index is 0.146. The van der Waals surface area contributed by atoms with E-state index in [1.165, 1.54) is 0 Å². The molecule has 0 amide bonds. The predicted molar refractivity (Wildman–Crippen MR) is 41.9 cm³/mol. The van der Waals surface area contributed by atoms with Crippen LogP contribution in [-0.2, 0) is 0 Å². The first-order valence-electron chi connectivity index (χ1n) is 2.92. The molecule has 10 heavy (non-hydrogen) atoms. The summed E-state index contributed by atoms with van der Waals surface area (Å²) in [5.41, 5.74) is 0. The van der Waals surface area contributed by atoms with Crippen LogP contribution in [-0.4, -0.2) is 28.5 Å². The topological polar surface area (TPSA) is 30.3 Å². The van der Waals surface area contributed by atoms with Crippen LogP contribution in [0, 0.1) is 11.3 Å². The van der Waals surface area contributed by atoms with Crippen LogP contribution in [0.4, 0.5) is 0 Å². The number of halogens is 1. The Hall–Kier alpha value is -0.690. The van der Waals surface area contributed by atoms with E-state index in [0.717, 1.165) is 0 Å². The molecule has 0 saturated carbocycles. The average molecular weight is 202 g/mol. The highest BCUT2D eigenvalue weighted by atomic mass is 79.9. The Bertz CT molecular complexity index is 184. The van der Waals surface area contributed by atoms with E-state index < -0.39 is 0 Å². The maximum absolute atomic E-state index is 8.37. The van der Waals surface area contributed by atoms with Gasteiger partial charge >= 0.3 is 0 Å². The third-order valence-corrected chi connectivity index (χ3v) is 2.53. The summed E-state index contributed by atoms with van der Waals surface area (Å²) in [6.45, 7) is 0.427. The molecule has 0 spiro atoms. The molecule has 1 atom stereocenters. The molecule has 54 valence electrons. The van der Waals surface area contributed by atoms with Crippen molar-refractivity contribution in [2.75, 3.05) is 13.6 Å². The van der Waals surface area contributed by atoms with Gasteiger partial charge in [-0.25, -0.2) is 0 Å². The van der Waals surface area contributed by atoms with Crippen LogP contribution in [0.2, 0.25) is 0 Å². The van der Waals surface area contributed by atoms with Crippen LogP contribution >= 0.6 is 15.9 Å². The fourth-order valence-corrected chi connectivity index (χ4v) is 1.19. The zero-order valence-electron chi connectivity index (χ0n) is 5.66. The van der Waals surface area contributed by atoms with Crippen molar-refractivity contribution < 1.29 is 0 Å². The van der Waals surface area contributed by atoms with Crippen LogP contribution < -0.4 is 0 Å². The van der Waals surface area contributed by atoms with Crippen molar-refractivity contribution in [2.45, 2.75) is 5.08 Å². The van der Waals surface area contributed by atoms with E-state index in [0.29, 0.717) is 6.54 Å². The molecule has 0 aromatic carbocycles. The van der Waals surface area contributed by atoms with E-state index in [-0.39, 0.29) is 5.08 Å². The molecule has 1 heterocycles. The molecular formula is C6H8BrN3. The fraction of sp³-hybridized carbons (Fsp3) is 0.500. The molecule has 0 bridgehead atoms. The Morgan fingerprint density at radius 3 is 2.80 bits per heavy atom. The van der Waals surface area contributed by atoms with Crippen molar-refractivity contribution in [3.8, 4) is 6.07 Å². The van der Waals surface area contributed by atoms with E-state index in [1.54, 1.807) is 0 Å². The van der Waals surface area contributed by atoms with Gasteiger partial charge in [-0.3, -0.25) is 0 Å². The van der Waals surface area contributed by atoms with Crippen LogP contribution in [0.1, 0.15) is 0 Å². The van der Waals surface area contributed by atoms with Gasteiger partial charge < -0.3 is 9.80 Å². The lowest BCUT2D eigenvalue weighted by Gasteiger charge is -2.22. The molecule has 4 heteroatoms. The molecule has 0 saturated heterocycles. The van der Waals surface area contributed by atoms with Gasteiger partial charge in [-0.05, 0) is 15.9 Å². The number of rotatable bonds is 1. The maximum Gasteiger partial charge on any atom is 0.159 e. The Kier molecular flexibility index (Phi) is 2.17. The summed E-state index contributed by atoms with van der Waals surface area (Å²) >= 11 is 3.41. The number of hydrogen-bond donors (Lipinski definition) is 0. The lowest BCUT2D eigenvalue weighted by atomic mass is 10.6. The molecule has 1 unspecified atom stereocenters. The van der Waals surface area contributed by atoms with Gasteiger partial charge in [0.2, 0.25) is 0 Å². The number of alkyl halides is 1. The first-order chi connectivity index (χ1) is 4.75. The molecule has 1 aliphatic rings. The Labute approximate surface area is 68.6 Å². The Morgan fingerprint density at radius 2 is 2.40 bits per heavy atom. The highest BCUT2D eigenvalue weighted by Gasteiger charge is 2.18. The second-order valence-corrected chi connectivity index (χ2v) is 2.92. The van der Waals surface area contributed by atoms with Crippen LogP contribution in [0.15, 0.2) is 12.4 Å². The summed E-state index contributed by atoms with van der Waals surface area (Å²) < 4.78 is 0. The largest absolute Gasteiger partial charge is 0.350 e. The third kappa shape index (κ3) is 1.24. The molecule has 0 N–H and O–H groups in total. The minimum absolute atomic E-state index is 0.146. The second-order valence-electron chi connectivity index (χ2n) is 2.10. The summed E-state index contributed by atoms with van der Waals surface area (Å²) in [6.07, 6.45) is 3.82. The van der Waals surface area contributed by atoms with Crippen molar-refractivity contribution in [3.05, 3.63) is 12.4 Å². The molecular weight excluding hydrogens is 194 g/mol. The first-order valence-corrected chi connectivity index (χ1v) is 3.84. The van der Waals surface area contributed by atoms with E-state index in [4.69, 9.17) is 5.26 Å². The quantitative estimate of drug-likeness (QED) is 0.359.